The van der Waals surface area contributed by atoms with E-state index in [9.17, 15) is 14.4 Å². The van der Waals surface area contributed by atoms with Gasteiger partial charge >= 0.3 is 0 Å². The number of carbonyl (C=O) groups excluding carboxylic acids is 3. The molecule has 2 N–H and O–H groups in total. The van der Waals surface area contributed by atoms with Crippen LogP contribution in [0.15, 0.2) is 18.2 Å². The molecular weight excluding hydrogens is 306 g/mol. The molecule has 132 valence electrons. The first-order valence-electron chi connectivity index (χ1n) is 8.16. The van der Waals surface area contributed by atoms with Crippen LogP contribution in [0.5, 0.6) is 0 Å². The average molecular weight is 333 g/mol. The van der Waals surface area contributed by atoms with Gasteiger partial charge in [0, 0.05) is 18.2 Å². The predicted molar refractivity (Wildman–Crippen MR) is 93.8 cm³/mol. The lowest BCUT2D eigenvalue weighted by atomic mass is 10.1. The minimum absolute atomic E-state index is 0.00701. The Morgan fingerprint density at radius 2 is 1.67 bits per heavy atom. The zero-order valence-corrected chi connectivity index (χ0v) is 15.1. The topological polar surface area (TPSA) is 78.5 Å². The summed E-state index contributed by atoms with van der Waals surface area (Å²) >= 11 is 0. The van der Waals surface area contributed by atoms with E-state index < -0.39 is 0 Å². The molecular formula is C18H27N3O3. The van der Waals surface area contributed by atoms with Crippen molar-refractivity contribution in [2.45, 2.75) is 40.7 Å². The van der Waals surface area contributed by atoms with Gasteiger partial charge in [0.05, 0.1) is 13.1 Å². The smallest absolute Gasteiger partial charge is 0.251 e. The number of nitrogens with zero attached hydrogens (tertiary/aromatic N) is 1. The molecule has 6 heteroatoms. The van der Waals surface area contributed by atoms with Crippen LogP contribution in [-0.4, -0.2) is 48.3 Å². The fourth-order valence-corrected chi connectivity index (χ4v) is 2.39. The minimum atomic E-state index is -0.294. The highest BCUT2D eigenvalue weighted by Gasteiger charge is 2.17. The van der Waals surface area contributed by atoms with Crippen molar-refractivity contribution < 1.29 is 14.4 Å². The van der Waals surface area contributed by atoms with Gasteiger partial charge in [0.15, 0.2) is 0 Å². The van der Waals surface area contributed by atoms with Gasteiger partial charge in [-0.15, -0.1) is 0 Å². The van der Waals surface area contributed by atoms with Gasteiger partial charge in [-0.25, -0.2) is 0 Å². The number of likely N-dealkylation sites (N-methyl/N-ethyl adjacent to an activating group) is 1. The number of amides is 3. The number of benzene rings is 1. The van der Waals surface area contributed by atoms with Crippen molar-refractivity contribution >= 4 is 17.7 Å². The van der Waals surface area contributed by atoms with Gasteiger partial charge < -0.3 is 15.5 Å². The van der Waals surface area contributed by atoms with Gasteiger partial charge in [-0.05, 0) is 46.8 Å². The number of hydrogen-bond donors (Lipinski definition) is 2. The maximum atomic E-state index is 12.2. The molecule has 0 aromatic heterocycles. The Hall–Kier alpha value is -2.37. The molecule has 0 fully saturated rings. The number of hydrogen-bond acceptors (Lipinski definition) is 3. The van der Waals surface area contributed by atoms with Crippen molar-refractivity contribution in [3.63, 3.8) is 0 Å². The molecule has 0 aliphatic heterocycles. The van der Waals surface area contributed by atoms with Crippen LogP contribution < -0.4 is 10.6 Å². The molecule has 0 unspecified atom stereocenters. The molecule has 0 saturated carbocycles. The van der Waals surface area contributed by atoms with Crippen LogP contribution in [0, 0.1) is 13.8 Å². The summed E-state index contributed by atoms with van der Waals surface area (Å²) in [5, 5.41) is 5.37. The maximum absolute atomic E-state index is 12.2. The summed E-state index contributed by atoms with van der Waals surface area (Å²) in [7, 11) is 0. The van der Waals surface area contributed by atoms with Crippen LogP contribution in [0.4, 0.5) is 0 Å². The Kier molecular flexibility index (Phi) is 7.42. The number of rotatable bonds is 7. The highest BCUT2D eigenvalue weighted by Crippen LogP contribution is 2.08. The fourth-order valence-electron chi connectivity index (χ4n) is 2.39. The Labute approximate surface area is 143 Å². The molecule has 0 spiro atoms. The van der Waals surface area contributed by atoms with E-state index in [1.54, 1.807) is 19.1 Å². The van der Waals surface area contributed by atoms with Crippen LogP contribution in [0.3, 0.4) is 0 Å². The van der Waals surface area contributed by atoms with E-state index in [2.05, 4.69) is 10.6 Å². The van der Waals surface area contributed by atoms with E-state index in [0.717, 1.165) is 11.1 Å². The lowest BCUT2D eigenvalue weighted by molar-refractivity contribution is -0.135. The van der Waals surface area contributed by atoms with Gasteiger partial charge in [-0.1, -0.05) is 17.2 Å². The third-order valence-electron chi connectivity index (χ3n) is 3.40. The number of carbonyl (C=O) groups is 3. The van der Waals surface area contributed by atoms with Crippen molar-refractivity contribution in [3.8, 4) is 0 Å². The molecule has 24 heavy (non-hydrogen) atoms. The Balaban J connectivity index is 2.59. The molecule has 0 heterocycles. The van der Waals surface area contributed by atoms with Crippen LogP contribution >= 0.6 is 0 Å². The minimum Gasteiger partial charge on any atom is -0.352 e. The summed E-state index contributed by atoms with van der Waals surface area (Å²) in [4.78, 5) is 37.6. The second-order valence-electron chi connectivity index (χ2n) is 6.19. The summed E-state index contributed by atoms with van der Waals surface area (Å²) < 4.78 is 0. The third-order valence-corrected chi connectivity index (χ3v) is 3.40. The maximum Gasteiger partial charge on any atom is 0.251 e. The first-order chi connectivity index (χ1) is 11.2. The Bertz CT molecular complexity index is 591. The molecule has 1 aromatic carbocycles. The predicted octanol–water partition coefficient (Wildman–Crippen LogP) is 1.41. The van der Waals surface area contributed by atoms with Crippen molar-refractivity contribution in [2.24, 2.45) is 0 Å². The largest absolute Gasteiger partial charge is 0.352 e. The molecule has 0 saturated heterocycles. The van der Waals surface area contributed by atoms with Gasteiger partial charge in [0.25, 0.3) is 5.91 Å². The monoisotopic (exact) mass is 333 g/mol. The summed E-state index contributed by atoms with van der Waals surface area (Å²) in [5.41, 5.74) is 2.51. The Morgan fingerprint density at radius 3 is 2.17 bits per heavy atom. The van der Waals surface area contributed by atoms with E-state index in [-0.39, 0.29) is 36.9 Å². The third kappa shape index (κ3) is 6.40. The first kappa shape index (κ1) is 19.7. The molecule has 1 rings (SSSR count). The van der Waals surface area contributed by atoms with Crippen LogP contribution in [-0.2, 0) is 9.59 Å². The van der Waals surface area contributed by atoms with E-state index in [0.29, 0.717) is 12.1 Å². The fraction of sp³-hybridized carbons (Fsp3) is 0.500. The SMILES string of the molecule is CCN(CC(=O)NC(C)C)C(=O)CNC(=O)c1cc(C)cc(C)c1. The zero-order chi connectivity index (χ0) is 18.3. The van der Waals surface area contributed by atoms with Crippen molar-refractivity contribution in [1.82, 2.24) is 15.5 Å². The molecule has 0 bridgehead atoms. The lowest BCUT2D eigenvalue weighted by Gasteiger charge is -2.21. The molecule has 6 nitrogen and oxygen atoms in total. The normalized spacial score (nSPS) is 10.4. The van der Waals surface area contributed by atoms with Gasteiger partial charge in [-0.2, -0.15) is 0 Å². The Morgan fingerprint density at radius 1 is 1.08 bits per heavy atom. The molecule has 0 radical (unpaired) electrons. The average Bonchev–Trinajstić information content (AvgIpc) is 2.48. The van der Waals surface area contributed by atoms with Crippen molar-refractivity contribution in [2.75, 3.05) is 19.6 Å². The van der Waals surface area contributed by atoms with Crippen molar-refractivity contribution in [3.05, 3.63) is 34.9 Å². The summed E-state index contributed by atoms with van der Waals surface area (Å²) in [6.45, 7) is 9.62. The number of nitrogens with one attached hydrogen (secondary N) is 2. The van der Waals surface area contributed by atoms with Crippen LogP contribution in [0.25, 0.3) is 0 Å². The van der Waals surface area contributed by atoms with E-state index >= 15 is 0 Å². The zero-order valence-electron chi connectivity index (χ0n) is 15.1. The van der Waals surface area contributed by atoms with Gasteiger partial charge in [0.1, 0.15) is 0 Å². The number of aryl methyl sites for hydroxylation is 2. The molecule has 0 aliphatic rings. The lowest BCUT2D eigenvalue weighted by Crippen LogP contribution is -2.46. The standard InChI is InChI=1S/C18H27N3O3/c1-6-21(11-16(22)20-12(2)3)17(23)10-19-18(24)15-8-13(4)7-14(5)9-15/h7-9,12H,6,10-11H2,1-5H3,(H,19,24)(H,20,22). The van der Waals surface area contributed by atoms with Crippen LogP contribution in [0.1, 0.15) is 42.3 Å². The summed E-state index contributed by atoms with van der Waals surface area (Å²) in [6.07, 6.45) is 0. The molecule has 3 amide bonds. The molecule has 0 atom stereocenters. The highest BCUT2D eigenvalue weighted by molar-refractivity contribution is 5.97. The van der Waals surface area contributed by atoms with E-state index in [1.807, 2.05) is 33.8 Å². The highest BCUT2D eigenvalue weighted by atomic mass is 16.2. The van der Waals surface area contributed by atoms with Gasteiger partial charge in [-0.3, -0.25) is 14.4 Å². The van der Waals surface area contributed by atoms with Crippen molar-refractivity contribution in [1.29, 1.82) is 0 Å². The quantitative estimate of drug-likeness (QED) is 0.792. The van der Waals surface area contributed by atoms with Gasteiger partial charge in [0.2, 0.25) is 11.8 Å². The summed E-state index contributed by atoms with van der Waals surface area (Å²) in [6, 6.07) is 5.56. The van der Waals surface area contributed by atoms with E-state index in [1.165, 1.54) is 4.90 Å². The molecule has 1 aromatic rings. The second kappa shape index (κ2) is 9.05. The first-order valence-corrected chi connectivity index (χ1v) is 8.16. The molecule has 0 aliphatic carbocycles. The van der Waals surface area contributed by atoms with E-state index in [4.69, 9.17) is 0 Å². The second-order valence-corrected chi connectivity index (χ2v) is 6.19. The van der Waals surface area contributed by atoms with Crippen LogP contribution in [0.2, 0.25) is 0 Å². The summed E-state index contributed by atoms with van der Waals surface area (Å²) in [5.74, 6) is -0.784.